The van der Waals surface area contributed by atoms with Crippen molar-refractivity contribution in [3.05, 3.63) is 59.6 Å². The van der Waals surface area contributed by atoms with E-state index in [2.05, 4.69) is 0 Å². The van der Waals surface area contributed by atoms with Gasteiger partial charge in [0.05, 0.1) is 37.2 Å². The Morgan fingerprint density at radius 2 is 1.72 bits per heavy atom. The first kappa shape index (κ1) is 19.0. The van der Waals surface area contributed by atoms with Crippen LogP contribution in [0.3, 0.4) is 0 Å². The molecular formula is C22H20N2O4S. The van der Waals surface area contributed by atoms with Crippen LogP contribution in [0.25, 0.3) is 27.5 Å². The maximum absolute atomic E-state index is 11.6. The molecule has 1 N–H and O–H groups in total. The van der Waals surface area contributed by atoms with Gasteiger partial charge in [0.2, 0.25) is 0 Å². The third-order valence-electron chi connectivity index (χ3n) is 4.60. The standard InChI is InChI=1S/C22H20N2O4S/c1-3-28-17-10-6-15(7-11-17)21-18(12-20(25)26)24-19(13-29-22(24)23-21)14-4-8-16(27-2)9-5-14/h4-11,13H,3,12H2,1-2H3,(H,25,26). The molecule has 0 bridgehead atoms. The van der Waals surface area contributed by atoms with E-state index in [-0.39, 0.29) is 6.42 Å². The smallest absolute Gasteiger partial charge is 0.309 e. The van der Waals surface area contributed by atoms with Gasteiger partial charge >= 0.3 is 5.97 Å². The van der Waals surface area contributed by atoms with E-state index in [4.69, 9.17) is 14.5 Å². The lowest BCUT2D eigenvalue weighted by Gasteiger charge is -2.08. The van der Waals surface area contributed by atoms with Crippen LogP contribution in [0.2, 0.25) is 0 Å². The second kappa shape index (κ2) is 7.97. The number of hydrogen-bond donors (Lipinski definition) is 1. The summed E-state index contributed by atoms with van der Waals surface area (Å²) >= 11 is 1.49. The maximum atomic E-state index is 11.6. The molecular weight excluding hydrogens is 388 g/mol. The van der Waals surface area contributed by atoms with E-state index < -0.39 is 5.97 Å². The summed E-state index contributed by atoms with van der Waals surface area (Å²) in [5.74, 6) is 0.647. The minimum Gasteiger partial charge on any atom is -0.497 e. The third kappa shape index (κ3) is 3.69. The van der Waals surface area contributed by atoms with Gasteiger partial charge < -0.3 is 14.6 Å². The van der Waals surface area contributed by atoms with Crippen molar-refractivity contribution in [1.82, 2.24) is 9.38 Å². The molecule has 0 radical (unpaired) electrons. The molecule has 4 aromatic rings. The molecule has 0 spiro atoms. The molecule has 0 fully saturated rings. The topological polar surface area (TPSA) is 73.1 Å². The Morgan fingerprint density at radius 1 is 1.07 bits per heavy atom. The molecule has 7 heteroatoms. The Kier molecular flexibility index (Phi) is 5.22. The van der Waals surface area contributed by atoms with Crippen LogP contribution in [0.15, 0.2) is 53.9 Å². The highest BCUT2D eigenvalue weighted by atomic mass is 32.1. The molecule has 6 nitrogen and oxygen atoms in total. The first-order valence-electron chi connectivity index (χ1n) is 9.19. The van der Waals surface area contributed by atoms with Gasteiger partial charge in [-0.15, -0.1) is 11.3 Å². The van der Waals surface area contributed by atoms with E-state index in [0.717, 1.165) is 33.3 Å². The first-order chi connectivity index (χ1) is 14.1. The number of methoxy groups -OCH3 is 1. The first-order valence-corrected chi connectivity index (χ1v) is 10.1. The van der Waals surface area contributed by atoms with Crippen molar-refractivity contribution < 1.29 is 19.4 Å². The van der Waals surface area contributed by atoms with Crippen LogP contribution in [0.5, 0.6) is 11.5 Å². The van der Waals surface area contributed by atoms with Gasteiger partial charge in [-0.1, -0.05) is 0 Å². The highest BCUT2D eigenvalue weighted by molar-refractivity contribution is 7.15. The highest BCUT2D eigenvalue weighted by Gasteiger charge is 2.21. The van der Waals surface area contributed by atoms with Gasteiger partial charge in [0, 0.05) is 10.9 Å². The summed E-state index contributed by atoms with van der Waals surface area (Å²) in [6.45, 7) is 2.53. The Bertz CT molecular complexity index is 1140. The van der Waals surface area contributed by atoms with Crippen LogP contribution in [0, 0.1) is 0 Å². The number of ether oxygens (including phenoxy) is 2. The van der Waals surface area contributed by atoms with E-state index in [9.17, 15) is 9.90 Å². The van der Waals surface area contributed by atoms with Crippen LogP contribution in [-0.2, 0) is 11.2 Å². The van der Waals surface area contributed by atoms with Gasteiger partial charge in [0.1, 0.15) is 11.5 Å². The van der Waals surface area contributed by atoms with Crippen LogP contribution in [0.4, 0.5) is 0 Å². The molecule has 29 heavy (non-hydrogen) atoms. The molecule has 0 aliphatic carbocycles. The van der Waals surface area contributed by atoms with Crippen molar-refractivity contribution in [2.75, 3.05) is 13.7 Å². The Labute approximate surface area is 172 Å². The molecule has 0 saturated heterocycles. The predicted molar refractivity (Wildman–Crippen MR) is 113 cm³/mol. The molecule has 2 aromatic heterocycles. The average molecular weight is 408 g/mol. The van der Waals surface area contributed by atoms with E-state index in [1.165, 1.54) is 11.3 Å². The van der Waals surface area contributed by atoms with Crippen molar-refractivity contribution in [3.63, 3.8) is 0 Å². The van der Waals surface area contributed by atoms with E-state index in [0.29, 0.717) is 18.0 Å². The normalized spacial score (nSPS) is 11.0. The lowest BCUT2D eigenvalue weighted by atomic mass is 10.1. The van der Waals surface area contributed by atoms with Crippen molar-refractivity contribution in [3.8, 4) is 34.0 Å². The predicted octanol–water partition coefficient (Wildman–Crippen LogP) is 4.76. The number of nitrogens with zero attached hydrogens (tertiary/aromatic N) is 2. The zero-order chi connectivity index (χ0) is 20.4. The molecule has 2 aromatic carbocycles. The largest absolute Gasteiger partial charge is 0.497 e. The number of hydrogen-bond acceptors (Lipinski definition) is 5. The zero-order valence-corrected chi connectivity index (χ0v) is 16.9. The van der Waals surface area contributed by atoms with E-state index in [1.54, 1.807) is 7.11 Å². The molecule has 0 amide bonds. The van der Waals surface area contributed by atoms with Gasteiger partial charge in [-0.3, -0.25) is 9.20 Å². The van der Waals surface area contributed by atoms with Crippen molar-refractivity contribution in [2.24, 2.45) is 0 Å². The number of aliphatic carboxylic acids is 1. The van der Waals surface area contributed by atoms with Gasteiger partial charge in [-0.25, -0.2) is 4.98 Å². The molecule has 0 aliphatic heterocycles. The molecule has 2 heterocycles. The average Bonchev–Trinajstić information content (AvgIpc) is 3.29. The summed E-state index contributed by atoms with van der Waals surface area (Å²) in [5, 5.41) is 11.5. The minimum atomic E-state index is -0.897. The van der Waals surface area contributed by atoms with Crippen LogP contribution < -0.4 is 9.47 Å². The summed E-state index contributed by atoms with van der Waals surface area (Å²) in [5.41, 5.74) is 4.08. The maximum Gasteiger partial charge on any atom is 0.309 e. The minimum absolute atomic E-state index is 0.121. The van der Waals surface area contributed by atoms with Gasteiger partial charge in [-0.2, -0.15) is 0 Å². The number of thiazole rings is 1. The summed E-state index contributed by atoms with van der Waals surface area (Å²) in [7, 11) is 1.63. The fourth-order valence-corrected chi connectivity index (χ4v) is 4.21. The van der Waals surface area contributed by atoms with Gasteiger partial charge in [-0.05, 0) is 61.0 Å². The quantitative estimate of drug-likeness (QED) is 0.477. The number of carbonyl (C=O) groups is 1. The van der Waals surface area contributed by atoms with Crippen molar-refractivity contribution >= 4 is 22.3 Å². The number of carboxylic acid groups (broad SMARTS) is 1. The lowest BCUT2D eigenvalue weighted by Crippen LogP contribution is -2.05. The Balaban J connectivity index is 1.85. The van der Waals surface area contributed by atoms with E-state index in [1.807, 2.05) is 65.2 Å². The fourth-order valence-electron chi connectivity index (χ4n) is 3.29. The monoisotopic (exact) mass is 408 g/mol. The fraction of sp³-hybridized carbons (Fsp3) is 0.182. The summed E-state index contributed by atoms with van der Waals surface area (Å²) in [6, 6.07) is 15.3. The summed E-state index contributed by atoms with van der Waals surface area (Å²) < 4.78 is 12.7. The number of carboxylic acids is 1. The van der Waals surface area contributed by atoms with Gasteiger partial charge in [0.25, 0.3) is 0 Å². The Hall–Kier alpha value is -3.32. The molecule has 0 unspecified atom stereocenters. The highest BCUT2D eigenvalue weighted by Crippen LogP contribution is 2.34. The number of benzene rings is 2. The number of fused-ring (bicyclic) bond motifs is 1. The number of aromatic nitrogens is 2. The third-order valence-corrected chi connectivity index (χ3v) is 5.43. The van der Waals surface area contributed by atoms with Crippen LogP contribution in [0.1, 0.15) is 12.6 Å². The van der Waals surface area contributed by atoms with Gasteiger partial charge in [0.15, 0.2) is 4.96 Å². The molecule has 0 aliphatic rings. The molecule has 0 atom stereocenters. The Morgan fingerprint density at radius 3 is 2.34 bits per heavy atom. The van der Waals surface area contributed by atoms with Crippen molar-refractivity contribution in [2.45, 2.75) is 13.3 Å². The molecule has 0 saturated carbocycles. The number of rotatable bonds is 7. The zero-order valence-electron chi connectivity index (χ0n) is 16.1. The molecule has 148 valence electrons. The van der Waals surface area contributed by atoms with Crippen molar-refractivity contribution in [1.29, 1.82) is 0 Å². The SMILES string of the molecule is CCOc1ccc(-c2nc3scc(-c4ccc(OC)cc4)n3c2CC(=O)O)cc1. The molecule has 4 rings (SSSR count). The lowest BCUT2D eigenvalue weighted by molar-refractivity contribution is -0.136. The summed E-state index contributed by atoms with van der Waals surface area (Å²) in [6.07, 6.45) is -0.121. The van der Waals surface area contributed by atoms with E-state index >= 15 is 0 Å². The summed E-state index contributed by atoms with van der Waals surface area (Å²) in [4.78, 5) is 17.1. The number of imidazole rings is 1. The second-order valence-corrected chi connectivity index (χ2v) is 7.24. The second-order valence-electron chi connectivity index (χ2n) is 6.40. The van der Waals surface area contributed by atoms with Crippen LogP contribution in [-0.4, -0.2) is 34.2 Å². The van der Waals surface area contributed by atoms with Crippen LogP contribution >= 0.6 is 11.3 Å².